The van der Waals surface area contributed by atoms with Crippen LogP contribution >= 0.6 is 0 Å². The lowest BCUT2D eigenvalue weighted by Crippen LogP contribution is -2.10. The molecule has 0 bridgehead atoms. The minimum absolute atomic E-state index is 0.879. The van der Waals surface area contributed by atoms with Crippen molar-refractivity contribution < 1.29 is 4.42 Å². The third-order valence-corrected chi connectivity index (χ3v) is 10.7. The molecule has 0 spiro atoms. The molecule has 2 heteroatoms. The van der Waals surface area contributed by atoms with E-state index in [2.05, 4.69) is 211 Å². The number of fused-ring (bicyclic) bond motifs is 2. The number of rotatable bonds is 8. The summed E-state index contributed by atoms with van der Waals surface area (Å²) in [5.41, 5.74) is 14.8. The Morgan fingerprint density at radius 2 is 0.786 bits per heavy atom. The predicted octanol–water partition coefficient (Wildman–Crippen LogP) is 15.4. The molecule has 264 valence electrons. The average Bonchev–Trinajstić information content (AvgIpc) is 3.72. The van der Waals surface area contributed by atoms with E-state index in [0.717, 1.165) is 56.0 Å². The fourth-order valence-corrected chi connectivity index (χ4v) is 7.85. The summed E-state index contributed by atoms with van der Waals surface area (Å²) >= 11 is 0. The molecule has 0 aliphatic heterocycles. The molecule has 0 aliphatic carbocycles. The van der Waals surface area contributed by atoms with Crippen molar-refractivity contribution in [2.75, 3.05) is 4.90 Å². The summed E-state index contributed by atoms with van der Waals surface area (Å²) in [4.78, 5) is 2.37. The highest BCUT2D eigenvalue weighted by atomic mass is 16.3. The number of para-hydroxylation sites is 1. The van der Waals surface area contributed by atoms with Crippen molar-refractivity contribution in [3.05, 3.63) is 224 Å². The number of benzene rings is 9. The van der Waals surface area contributed by atoms with Gasteiger partial charge in [0.25, 0.3) is 0 Å². The highest BCUT2D eigenvalue weighted by Crippen LogP contribution is 2.41. The molecular formula is C54H37NO. The Morgan fingerprint density at radius 3 is 1.48 bits per heavy atom. The summed E-state index contributed by atoms with van der Waals surface area (Å²) in [5.74, 6) is 0.879. The van der Waals surface area contributed by atoms with Gasteiger partial charge < -0.3 is 9.32 Å². The minimum atomic E-state index is 0.879. The van der Waals surface area contributed by atoms with Gasteiger partial charge in [-0.25, -0.2) is 0 Å². The number of hydrogen-bond donors (Lipinski definition) is 0. The molecule has 0 N–H and O–H groups in total. The van der Waals surface area contributed by atoms with Gasteiger partial charge in [0.1, 0.15) is 11.3 Å². The zero-order chi connectivity index (χ0) is 37.3. The summed E-state index contributed by atoms with van der Waals surface area (Å²) < 4.78 is 6.27. The van der Waals surface area contributed by atoms with Gasteiger partial charge in [-0.1, -0.05) is 176 Å². The SMILES string of the molecule is c1ccc(-c2cccc(-c3ccc(N(c4ccc(-c5ccc(-c6ccccc6-c6cc7ccccc7o6)cc5)cc4)c4cccc5ccccc45)cc3)c2)cc1. The summed E-state index contributed by atoms with van der Waals surface area (Å²) in [7, 11) is 0. The van der Waals surface area contributed by atoms with Crippen molar-refractivity contribution in [3.63, 3.8) is 0 Å². The lowest BCUT2D eigenvalue weighted by atomic mass is 9.95. The zero-order valence-electron chi connectivity index (χ0n) is 30.7. The average molecular weight is 716 g/mol. The first kappa shape index (κ1) is 33.2. The number of hydrogen-bond acceptors (Lipinski definition) is 2. The Kier molecular flexibility index (Phi) is 8.55. The normalized spacial score (nSPS) is 11.2. The summed E-state index contributed by atoms with van der Waals surface area (Å²) in [6.45, 7) is 0. The van der Waals surface area contributed by atoms with Gasteiger partial charge in [-0.05, 0) is 98.4 Å². The van der Waals surface area contributed by atoms with E-state index in [-0.39, 0.29) is 0 Å². The predicted molar refractivity (Wildman–Crippen MR) is 236 cm³/mol. The van der Waals surface area contributed by atoms with Crippen LogP contribution in [0.2, 0.25) is 0 Å². The summed E-state index contributed by atoms with van der Waals surface area (Å²) in [6.07, 6.45) is 0. The van der Waals surface area contributed by atoms with Gasteiger partial charge >= 0.3 is 0 Å². The number of anilines is 3. The first-order chi connectivity index (χ1) is 27.7. The van der Waals surface area contributed by atoms with Gasteiger partial charge in [-0.15, -0.1) is 0 Å². The Balaban J connectivity index is 0.974. The molecule has 0 radical (unpaired) electrons. The van der Waals surface area contributed by atoms with Crippen LogP contribution in [0.5, 0.6) is 0 Å². The van der Waals surface area contributed by atoms with Crippen molar-refractivity contribution in [2.45, 2.75) is 0 Å². The van der Waals surface area contributed by atoms with Crippen LogP contribution in [0.25, 0.3) is 77.6 Å². The van der Waals surface area contributed by atoms with Gasteiger partial charge in [0, 0.05) is 27.7 Å². The topological polar surface area (TPSA) is 16.4 Å². The smallest absolute Gasteiger partial charge is 0.136 e. The van der Waals surface area contributed by atoms with Crippen LogP contribution in [-0.4, -0.2) is 0 Å². The second-order valence-corrected chi connectivity index (χ2v) is 14.1. The van der Waals surface area contributed by atoms with Crippen LogP contribution in [0, 0.1) is 0 Å². The summed E-state index contributed by atoms with van der Waals surface area (Å²) in [6, 6.07) is 80.0. The molecule has 0 saturated carbocycles. The van der Waals surface area contributed by atoms with Crippen molar-refractivity contribution in [1.29, 1.82) is 0 Å². The van der Waals surface area contributed by atoms with Crippen LogP contribution in [0.1, 0.15) is 0 Å². The third-order valence-electron chi connectivity index (χ3n) is 10.7. The Morgan fingerprint density at radius 1 is 0.304 bits per heavy atom. The van der Waals surface area contributed by atoms with E-state index in [1.165, 1.54) is 38.6 Å². The van der Waals surface area contributed by atoms with E-state index in [1.807, 2.05) is 18.2 Å². The second-order valence-electron chi connectivity index (χ2n) is 14.1. The number of nitrogens with zero attached hydrogens (tertiary/aromatic N) is 1. The van der Waals surface area contributed by atoms with Gasteiger partial charge in [0.15, 0.2) is 0 Å². The molecule has 1 aromatic heterocycles. The Labute approximate surface area is 327 Å². The molecule has 0 amide bonds. The lowest BCUT2D eigenvalue weighted by Gasteiger charge is -2.27. The molecule has 10 aromatic rings. The highest BCUT2D eigenvalue weighted by Gasteiger charge is 2.17. The van der Waals surface area contributed by atoms with E-state index in [9.17, 15) is 0 Å². The Bertz CT molecular complexity index is 2900. The molecule has 2 nitrogen and oxygen atoms in total. The van der Waals surface area contributed by atoms with Gasteiger partial charge in [0.05, 0.1) is 5.69 Å². The molecule has 0 atom stereocenters. The fraction of sp³-hybridized carbons (Fsp3) is 0. The van der Waals surface area contributed by atoms with Crippen molar-refractivity contribution >= 4 is 38.8 Å². The molecule has 10 rings (SSSR count). The van der Waals surface area contributed by atoms with E-state index in [1.54, 1.807) is 0 Å². The fourth-order valence-electron chi connectivity index (χ4n) is 7.85. The molecule has 9 aromatic carbocycles. The van der Waals surface area contributed by atoms with E-state index < -0.39 is 0 Å². The maximum absolute atomic E-state index is 6.27. The minimum Gasteiger partial charge on any atom is -0.456 e. The van der Waals surface area contributed by atoms with Crippen LogP contribution in [0.3, 0.4) is 0 Å². The molecule has 0 aliphatic rings. The van der Waals surface area contributed by atoms with E-state index in [0.29, 0.717) is 0 Å². The van der Waals surface area contributed by atoms with E-state index >= 15 is 0 Å². The Hall–Kier alpha value is -7.42. The number of furan rings is 1. The molecule has 56 heavy (non-hydrogen) atoms. The molecule has 0 fully saturated rings. The monoisotopic (exact) mass is 715 g/mol. The zero-order valence-corrected chi connectivity index (χ0v) is 30.7. The van der Waals surface area contributed by atoms with Crippen LogP contribution < -0.4 is 4.90 Å². The second kappa shape index (κ2) is 14.4. The quantitative estimate of drug-likeness (QED) is 0.156. The maximum atomic E-state index is 6.27. The van der Waals surface area contributed by atoms with Crippen LogP contribution in [0.15, 0.2) is 229 Å². The van der Waals surface area contributed by atoms with Crippen molar-refractivity contribution in [1.82, 2.24) is 0 Å². The van der Waals surface area contributed by atoms with Crippen molar-refractivity contribution in [2.24, 2.45) is 0 Å². The molecule has 1 heterocycles. The van der Waals surface area contributed by atoms with Crippen LogP contribution in [0.4, 0.5) is 17.1 Å². The third kappa shape index (κ3) is 6.34. The maximum Gasteiger partial charge on any atom is 0.136 e. The van der Waals surface area contributed by atoms with Gasteiger partial charge in [-0.2, -0.15) is 0 Å². The van der Waals surface area contributed by atoms with Gasteiger partial charge in [-0.3, -0.25) is 0 Å². The first-order valence-electron chi connectivity index (χ1n) is 19.1. The van der Waals surface area contributed by atoms with Crippen LogP contribution in [-0.2, 0) is 0 Å². The van der Waals surface area contributed by atoms with E-state index in [4.69, 9.17) is 4.42 Å². The largest absolute Gasteiger partial charge is 0.456 e. The summed E-state index contributed by atoms with van der Waals surface area (Å²) in [5, 5.41) is 3.53. The van der Waals surface area contributed by atoms with Crippen molar-refractivity contribution in [3.8, 4) is 55.8 Å². The lowest BCUT2D eigenvalue weighted by molar-refractivity contribution is 0.632. The molecule has 0 saturated heterocycles. The standard InChI is InChI=1S/C54H37NO/c1-2-12-38(13-3-1)44-17-10-18-45(36-44)41-30-34-48(35-31-41)55(52-22-11-16-42-14-4-6-20-50(42)52)47-32-28-40(29-33-47)39-24-26-43(27-25-39)49-19-7-8-21-51(49)54-37-46-15-5-9-23-53(46)56-54/h1-37H. The molecular weight excluding hydrogens is 679 g/mol. The first-order valence-corrected chi connectivity index (χ1v) is 19.1. The van der Waals surface area contributed by atoms with Gasteiger partial charge in [0.2, 0.25) is 0 Å². The highest BCUT2D eigenvalue weighted by molar-refractivity contribution is 5.99. The molecule has 0 unspecified atom stereocenters.